The summed E-state index contributed by atoms with van der Waals surface area (Å²) in [5, 5.41) is 1.24. The van der Waals surface area contributed by atoms with Gasteiger partial charge < -0.3 is 4.74 Å². The molecule has 2 aliphatic rings. The Labute approximate surface area is 142 Å². The quantitative estimate of drug-likeness (QED) is 0.621. The Morgan fingerprint density at radius 2 is 1.92 bits per heavy atom. The highest BCUT2D eigenvalue weighted by Crippen LogP contribution is 2.40. The standard InChI is InChI=1S/C18H24N2O4/c1-19-13-9-10-14(19)16(17(21)20(2)23-3)15(11-13)24-18(22)12-7-5-4-6-8-12/h4-8,13-16H,9-11H2,1-3H3/t13-,14?,15+,16?/m1/s1. The van der Waals surface area contributed by atoms with Crippen molar-refractivity contribution < 1.29 is 19.2 Å². The second-order valence-electron chi connectivity index (χ2n) is 6.55. The molecule has 0 N–H and O–H groups in total. The largest absolute Gasteiger partial charge is 0.458 e. The molecule has 1 aromatic carbocycles. The third-order valence-electron chi connectivity index (χ3n) is 5.35. The summed E-state index contributed by atoms with van der Waals surface area (Å²) < 4.78 is 5.77. The molecule has 2 fully saturated rings. The highest BCUT2D eigenvalue weighted by atomic mass is 16.7. The molecule has 2 saturated heterocycles. The van der Waals surface area contributed by atoms with E-state index in [2.05, 4.69) is 4.90 Å². The second kappa shape index (κ2) is 6.91. The number of hydroxylamine groups is 2. The monoisotopic (exact) mass is 332 g/mol. The Morgan fingerprint density at radius 1 is 1.21 bits per heavy atom. The van der Waals surface area contributed by atoms with Gasteiger partial charge in [-0.05, 0) is 32.0 Å². The lowest BCUT2D eigenvalue weighted by atomic mass is 9.86. The van der Waals surface area contributed by atoms with Gasteiger partial charge in [-0.3, -0.25) is 14.5 Å². The maximum Gasteiger partial charge on any atom is 0.338 e. The van der Waals surface area contributed by atoms with Gasteiger partial charge in [0.15, 0.2) is 0 Å². The lowest BCUT2D eigenvalue weighted by molar-refractivity contribution is -0.182. The number of amides is 1. The molecular weight excluding hydrogens is 308 g/mol. The smallest absolute Gasteiger partial charge is 0.338 e. The summed E-state index contributed by atoms with van der Waals surface area (Å²) in [5.74, 6) is -0.908. The molecule has 4 atom stereocenters. The fraction of sp³-hybridized carbons (Fsp3) is 0.556. The number of esters is 1. The van der Waals surface area contributed by atoms with Crippen molar-refractivity contribution in [3.05, 3.63) is 35.9 Å². The lowest BCUT2D eigenvalue weighted by Crippen LogP contribution is -2.55. The van der Waals surface area contributed by atoms with E-state index < -0.39 is 12.0 Å². The van der Waals surface area contributed by atoms with Gasteiger partial charge in [-0.2, -0.15) is 0 Å². The number of ether oxygens (including phenoxy) is 1. The maximum absolute atomic E-state index is 12.8. The molecule has 6 heteroatoms. The zero-order valence-corrected chi connectivity index (χ0v) is 14.3. The fourth-order valence-corrected chi connectivity index (χ4v) is 3.95. The predicted molar refractivity (Wildman–Crippen MR) is 88.1 cm³/mol. The molecule has 2 unspecified atom stereocenters. The van der Waals surface area contributed by atoms with E-state index in [1.54, 1.807) is 31.3 Å². The van der Waals surface area contributed by atoms with Crippen molar-refractivity contribution in [3.8, 4) is 0 Å². The highest BCUT2D eigenvalue weighted by Gasteiger charge is 2.51. The van der Waals surface area contributed by atoms with Crippen LogP contribution in [0.25, 0.3) is 0 Å². The first-order valence-electron chi connectivity index (χ1n) is 8.32. The Balaban J connectivity index is 1.81. The first-order valence-corrected chi connectivity index (χ1v) is 8.32. The van der Waals surface area contributed by atoms with Gasteiger partial charge in [0.05, 0.1) is 18.6 Å². The zero-order valence-electron chi connectivity index (χ0n) is 14.3. The van der Waals surface area contributed by atoms with Crippen LogP contribution in [0.5, 0.6) is 0 Å². The number of carbonyl (C=O) groups excluding carboxylic acids is 2. The van der Waals surface area contributed by atoms with Crippen LogP contribution < -0.4 is 0 Å². The summed E-state index contributed by atoms with van der Waals surface area (Å²) in [5.41, 5.74) is 0.509. The highest BCUT2D eigenvalue weighted by molar-refractivity contribution is 5.90. The fourth-order valence-electron chi connectivity index (χ4n) is 3.95. The number of hydrogen-bond acceptors (Lipinski definition) is 5. The number of rotatable bonds is 4. The summed E-state index contributed by atoms with van der Waals surface area (Å²) in [6.07, 6.45) is 2.23. The molecule has 1 amide bonds. The van der Waals surface area contributed by atoms with Crippen LogP contribution in [0.3, 0.4) is 0 Å². The lowest BCUT2D eigenvalue weighted by Gasteiger charge is -2.42. The Bertz CT molecular complexity index is 606. The number of carbonyl (C=O) groups is 2. The predicted octanol–water partition coefficient (Wildman–Crippen LogP) is 1.71. The van der Waals surface area contributed by atoms with Crippen molar-refractivity contribution in [2.75, 3.05) is 21.2 Å². The Kier molecular flexibility index (Phi) is 4.87. The molecule has 0 aliphatic carbocycles. The van der Waals surface area contributed by atoms with E-state index >= 15 is 0 Å². The van der Waals surface area contributed by atoms with Gasteiger partial charge in [0.2, 0.25) is 0 Å². The molecule has 3 rings (SSSR count). The SMILES string of the molecule is CON(C)C(=O)C1C2CC[C@H](C[C@@H]1OC(=O)c1ccccc1)N2C. The molecule has 2 heterocycles. The van der Waals surface area contributed by atoms with Gasteiger partial charge in [-0.1, -0.05) is 18.2 Å². The van der Waals surface area contributed by atoms with Crippen LogP contribution in [0.2, 0.25) is 0 Å². The summed E-state index contributed by atoms with van der Waals surface area (Å²) >= 11 is 0. The van der Waals surface area contributed by atoms with E-state index in [9.17, 15) is 9.59 Å². The van der Waals surface area contributed by atoms with Crippen LogP contribution in [0.1, 0.15) is 29.6 Å². The van der Waals surface area contributed by atoms with Crippen LogP contribution >= 0.6 is 0 Å². The molecule has 6 nitrogen and oxygen atoms in total. The zero-order chi connectivity index (χ0) is 17.3. The summed E-state index contributed by atoms with van der Waals surface area (Å²) in [7, 11) is 5.11. The van der Waals surface area contributed by atoms with Crippen molar-refractivity contribution in [1.29, 1.82) is 0 Å². The average molecular weight is 332 g/mol. The number of fused-ring (bicyclic) bond motifs is 2. The maximum atomic E-state index is 12.8. The van der Waals surface area contributed by atoms with Crippen LogP contribution in [-0.2, 0) is 14.4 Å². The first kappa shape index (κ1) is 16.9. The van der Waals surface area contributed by atoms with Gasteiger partial charge in [0.25, 0.3) is 5.91 Å². The molecule has 2 aliphatic heterocycles. The van der Waals surface area contributed by atoms with Gasteiger partial charge in [0.1, 0.15) is 6.10 Å². The molecular formula is C18H24N2O4. The molecule has 2 bridgehead atoms. The topological polar surface area (TPSA) is 59.1 Å². The minimum absolute atomic E-state index is 0.0856. The van der Waals surface area contributed by atoms with Gasteiger partial charge in [0, 0.05) is 25.6 Å². The summed E-state index contributed by atoms with van der Waals surface area (Å²) in [6.45, 7) is 0. The van der Waals surface area contributed by atoms with Crippen molar-refractivity contribution in [3.63, 3.8) is 0 Å². The van der Waals surface area contributed by atoms with E-state index in [1.807, 2.05) is 13.1 Å². The van der Waals surface area contributed by atoms with Crippen LogP contribution in [0.15, 0.2) is 30.3 Å². The van der Waals surface area contributed by atoms with Crippen molar-refractivity contribution in [2.45, 2.75) is 37.5 Å². The van der Waals surface area contributed by atoms with Crippen LogP contribution in [0, 0.1) is 5.92 Å². The second-order valence-corrected chi connectivity index (χ2v) is 6.55. The van der Waals surface area contributed by atoms with E-state index in [4.69, 9.17) is 9.57 Å². The minimum Gasteiger partial charge on any atom is -0.458 e. The molecule has 130 valence electrons. The number of benzene rings is 1. The third-order valence-corrected chi connectivity index (χ3v) is 5.35. The molecule has 0 saturated carbocycles. The van der Waals surface area contributed by atoms with Crippen molar-refractivity contribution in [2.24, 2.45) is 5.92 Å². The van der Waals surface area contributed by atoms with E-state index in [0.717, 1.165) is 12.8 Å². The first-order chi connectivity index (χ1) is 11.5. The van der Waals surface area contributed by atoms with E-state index in [0.29, 0.717) is 18.0 Å². The molecule has 24 heavy (non-hydrogen) atoms. The third kappa shape index (κ3) is 3.03. The van der Waals surface area contributed by atoms with Gasteiger partial charge in [-0.25, -0.2) is 9.86 Å². The number of piperidine rings is 1. The molecule has 0 aromatic heterocycles. The van der Waals surface area contributed by atoms with Gasteiger partial charge in [-0.15, -0.1) is 0 Å². The Morgan fingerprint density at radius 3 is 2.58 bits per heavy atom. The molecule has 0 spiro atoms. The van der Waals surface area contributed by atoms with Gasteiger partial charge >= 0.3 is 5.97 Å². The summed E-state index contributed by atoms with van der Waals surface area (Å²) in [6, 6.07) is 9.36. The van der Waals surface area contributed by atoms with Crippen LogP contribution in [0.4, 0.5) is 0 Å². The average Bonchev–Trinajstić information content (AvgIpc) is 2.84. The summed E-state index contributed by atoms with van der Waals surface area (Å²) in [4.78, 5) is 32.5. The normalized spacial score (nSPS) is 29.3. The van der Waals surface area contributed by atoms with E-state index in [-0.39, 0.29) is 17.9 Å². The molecule has 0 radical (unpaired) electrons. The Hall–Kier alpha value is -1.92. The van der Waals surface area contributed by atoms with E-state index in [1.165, 1.54) is 12.2 Å². The van der Waals surface area contributed by atoms with Crippen molar-refractivity contribution in [1.82, 2.24) is 9.96 Å². The van der Waals surface area contributed by atoms with Crippen molar-refractivity contribution >= 4 is 11.9 Å². The number of nitrogens with zero attached hydrogens (tertiary/aromatic N) is 2. The van der Waals surface area contributed by atoms with Crippen LogP contribution in [-0.4, -0.2) is 61.2 Å². The number of hydrogen-bond donors (Lipinski definition) is 0. The minimum atomic E-state index is -0.420. The molecule has 1 aromatic rings.